The van der Waals surface area contributed by atoms with Crippen molar-refractivity contribution < 1.29 is 18.0 Å². The Morgan fingerprint density at radius 1 is 1.16 bits per heavy atom. The Balaban J connectivity index is 1.58. The molecule has 1 N–H and O–H groups in total. The number of aromatic nitrogens is 2. The van der Waals surface area contributed by atoms with Crippen molar-refractivity contribution in [3.63, 3.8) is 0 Å². The zero-order valence-corrected chi connectivity index (χ0v) is 14.9. The third-order valence-electron chi connectivity index (χ3n) is 3.03. The first kappa shape index (κ1) is 17.6. The van der Waals surface area contributed by atoms with Crippen LogP contribution in [0.3, 0.4) is 0 Å². The van der Waals surface area contributed by atoms with Gasteiger partial charge in [-0.2, -0.15) is 0 Å². The number of amides is 1. The van der Waals surface area contributed by atoms with Gasteiger partial charge in [0.05, 0.1) is 11.4 Å². The van der Waals surface area contributed by atoms with Crippen molar-refractivity contribution in [1.82, 2.24) is 10.2 Å². The SMILES string of the molecule is O=C(CSc1nnc(-c2ccc(F)cc2)o1)Nc1ccc(Br)cc1F. The smallest absolute Gasteiger partial charge is 0.277 e. The molecule has 0 radical (unpaired) electrons. The van der Waals surface area contributed by atoms with Crippen molar-refractivity contribution in [3.05, 3.63) is 58.6 Å². The first-order valence-electron chi connectivity index (χ1n) is 6.98. The van der Waals surface area contributed by atoms with Crippen LogP contribution in [0.1, 0.15) is 0 Å². The van der Waals surface area contributed by atoms with E-state index < -0.39 is 11.7 Å². The maximum atomic E-state index is 13.7. The van der Waals surface area contributed by atoms with E-state index in [0.717, 1.165) is 11.8 Å². The lowest BCUT2D eigenvalue weighted by atomic mass is 10.2. The minimum absolute atomic E-state index is 0.0272. The molecule has 0 unspecified atom stereocenters. The molecule has 5 nitrogen and oxygen atoms in total. The van der Waals surface area contributed by atoms with Crippen LogP contribution in [0, 0.1) is 11.6 Å². The predicted molar refractivity (Wildman–Crippen MR) is 93.1 cm³/mol. The highest BCUT2D eigenvalue weighted by molar-refractivity contribution is 9.10. The molecule has 128 valence electrons. The van der Waals surface area contributed by atoms with Crippen LogP contribution in [0.15, 0.2) is 56.6 Å². The van der Waals surface area contributed by atoms with Gasteiger partial charge >= 0.3 is 0 Å². The number of rotatable bonds is 5. The molecule has 2 aromatic carbocycles. The summed E-state index contributed by atoms with van der Waals surface area (Å²) < 4.78 is 32.6. The first-order valence-corrected chi connectivity index (χ1v) is 8.76. The molecule has 0 aliphatic carbocycles. The summed E-state index contributed by atoms with van der Waals surface area (Å²) in [6.07, 6.45) is 0. The highest BCUT2D eigenvalue weighted by Gasteiger charge is 2.12. The summed E-state index contributed by atoms with van der Waals surface area (Å²) in [4.78, 5) is 11.9. The average Bonchev–Trinajstić information content (AvgIpc) is 3.05. The van der Waals surface area contributed by atoms with Crippen LogP contribution >= 0.6 is 27.7 Å². The molecule has 0 saturated carbocycles. The van der Waals surface area contributed by atoms with Crippen LogP contribution in [-0.4, -0.2) is 21.9 Å². The van der Waals surface area contributed by atoms with Crippen molar-refractivity contribution in [2.75, 3.05) is 11.1 Å². The fourth-order valence-corrected chi connectivity index (χ4v) is 2.78. The van der Waals surface area contributed by atoms with E-state index in [4.69, 9.17) is 4.42 Å². The normalized spacial score (nSPS) is 10.7. The van der Waals surface area contributed by atoms with E-state index in [-0.39, 0.29) is 28.4 Å². The molecular weight excluding hydrogens is 416 g/mol. The molecule has 0 saturated heterocycles. The Labute approximate surface area is 154 Å². The molecule has 9 heteroatoms. The van der Waals surface area contributed by atoms with Crippen molar-refractivity contribution in [3.8, 4) is 11.5 Å². The first-order chi connectivity index (χ1) is 12.0. The molecule has 3 rings (SSSR count). The maximum Gasteiger partial charge on any atom is 0.277 e. The van der Waals surface area contributed by atoms with Gasteiger partial charge in [-0.15, -0.1) is 10.2 Å². The van der Waals surface area contributed by atoms with Gasteiger partial charge in [0.15, 0.2) is 0 Å². The zero-order valence-electron chi connectivity index (χ0n) is 12.5. The predicted octanol–water partition coefficient (Wildman–Crippen LogP) is 4.51. The van der Waals surface area contributed by atoms with Gasteiger partial charge in [-0.25, -0.2) is 8.78 Å². The van der Waals surface area contributed by atoms with Crippen molar-refractivity contribution in [2.24, 2.45) is 0 Å². The molecule has 1 heterocycles. The largest absolute Gasteiger partial charge is 0.411 e. The molecule has 0 atom stereocenters. The average molecular weight is 426 g/mol. The fraction of sp³-hybridized carbons (Fsp3) is 0.0625. The molecule has 1 aromatic heterocycles. The summed E-state index contributed by atoms with van der Waals surface area (Å²) in [5.41, 5.74) is 0.661. The van der Waals surface area contributed by atoms with Gasteiger partial charge in [0.25, 0.3) is 5.22 Å². The molecule has 25 heavy (non-hydrogen) atoms. The van der Waals surface area contributed by atoms with Crippen LogP contribution in [0.4, 0.5) is 14.5 Å². The number of nitrogens with zero attached hydrogens (tertiary/aromatic N) is 2. The van der Waals surface area contributed by atoms with E-state index in [9.17, 15) is 13.6 Å². The van der Waals surface area contributed by atoms with Crippen LogP contribution in [-0.2, 0) is 4.79 Å². The Hall–Kier alpha value is -2.26. The molecular formula is C16H10BrF2N3O2S. The second-order valence-electron chi connectivity index (χ2n) is 4.84. The van der Waals surface area contributed by atoms with Gasteiger partial charge in [0.2, 0.25) is 11.8 Å². The lowest BCUT2D eigenvalue weighted by Crippen LogP contribution is -2.15. The van der Waals surface area contributed by atoms with Gasteiger partial charge in [0.1, 0.15) is 11.6 Å². The van der Waals surface area contributed by atoms with Gasteiger partial charge in [0, 0.05) is 10.0 Å². The topological polar surface area (TPSA) is 68.0 Å². The van der Waals surface area contributed by atoms with E-state index in [1.807, 2.05) is 0 Å². The van der Waals surface area contributed by atoms with Crippen molar-refractivity contribution in [1.29, 1.82) is 0 Å². The highest BCUT2D eigenvalue weighted by Crippen LogP contribution is 2.24. The van der Waals surface area contributed by atoms with E-state index in [2.05, 4.69) is 31.4 Å². The van der Waals surface area contributed by atoms with E-state index in [0.29, 0.717) is 10.0 Å². The number of hydrogen-bond donors (Lipinski definition) is 1. The lowest BCUT2D eigenvalue weighted by molar-refractivity contribution is -0.113. The van der Waals surface area contributed by atoms with Crippen LogP contribution < -0.4 is 5.32 Å². The third-order valence-corrected chi connectivity index (χ3v) is 4.34. The summed E-state index contributed by atoms with van der Waals surface area (Å²) in [6.45, 7) is 0. The summed E-state index contributed by atoms with van der Waals surface area (Å²) in [6, 6.07) is 9.94. The van der Waals surface area contributed by atoms with Crippen LogP contribution in [0.2, 0.25) is 0 Å². The van der Waals surface area contributed by atoms with E-state index in [1.165, 1.54) is 36.4 Å². The summed E-state index contributed by atoms with van der Waals surface area (Å²) in [5.74, 6) is -1.12. The van der Waals surface area contributed by atoms with Gasteiger partial charge in [-0.1, -0.05) is 27.7 Å². The second kappa shape index (κ2) is 7.75. The number of thioether (sulfide) groups is 1. The fourth-order valence-electron chi connectivity index (χ4n) is 1.88. The van der Waals surface area contributed by atoms with E-state index in [1.54, 1.807) is 6.07 Å². The summed E-state index contributed by atoms with van der Waals surface area (Å²) in [5, 5.41) is 10.3. The monoisotopic (exact) mass is 425 g/mol. The van der Waals surface area contributed by atoms with Crippen LogP contribution in [0.25, 0.3) is 11.5 Å². The Morgan fingerprint density at radius 3 is 2.64 bits per heavy atom. The second-order valence-corrected chi connectivity index (χ2v) is 6.68. The summed E-state index contributed by atoms with van der Waals surface area (Å²) in [7, 11) is 0. The molecule has 0 aliphatic heterocycles. The number of benzene rings is 2. The quantitative estimate of drug-likeness (QED) is 0.609. The summed E-state index contributed by atoms with van der Waals surface area (Å²) >= 11 is 4.16. The minimum Gasteiger partial charge on any atom is -0.411 e. The number of nitrogens with one attached hydrogen (secondary N) is 1. The minimum atomic E-state index is -0.538. The standard InChI is InChI=1S/C16H10BrF2N3O2S/c17-10-3-6-13(12(19)7-10)20-14(23)8-25-16-22-21-15(24-16)9-1-4-11(18)5-2-9/h1-7H,8H2,(H,20,23). The Morgan fingerprint density at radius 2 is 1.92 bits per heavy atom. The van der Waals surface area contributed by atoms with Crippen molar-refractivity contribution >= 4 is 39.3 Å². The Bertz CT molecular complexity index is 903. The number of carbonyl (C=O) groups is 1. The van der Waals surface area contributed by atoms with Gasteiger partial charge in [-0.3, -0.25) is 4.79 Å². The molecule has 3 aromatic rings. The van der Waals surface area contributed by atoms with Gasteiger partial charge < -0.3 is 9.73 Å². The number of carbonyl (C=O) groups excluding carboxylic acids is 1. The maximum absolute atomic E-state index is 13.7. The number of halogens is 3. The molecule has 0 aliphatic rings. The molecule has 1 amide bonds. The highest BCUT2D eigenvalue weighted by atomic mass is 79.9. The van der Waals surface area contributed by atoms with Gasteiger partial charge in [-0.05, 0) is 42.5 Å². The molecule has 0 bridgehead atoms. The Kier molecular flexibility index (Phi) is 5.44. The van der Waals surface area contributed by atoms with Crippen LogP contribution in [0.5, 0.6) is 0 Å². The van der Waals surface area contributed by atoms with Crippen molar-refractivity contribution in [2.45, 2.75) is 5.22 Å². The number of anilines is 1. The lowest BCUT2D eigenvalue weighted by Gasteiger charge is -2.05. The molecule has 0 fully saturated rings. The zero-order chi connectivity index (χ0) is 17.8. The molecule has 0 spiro atoms. The number of hydrogen-bond acceptors (Lipinski definition) is 5. The third kappa shape index (κ3) is 4.64. The van der Waals surface area contributed by atoms with E-state index >= 15 is 0 Å².